The van der Waals surface area contributed by atoms with Crippen LogP contribution in [0.3, 0.4) is 0 Å². The summed E-state index contributed by atoms with van der Waals surface area (Å²) in [7, 11) is 1.63. The second-order valence-corrected chi connectivity index (χ2v) is 7.18. The Bertz CT molecular complexity index is 956. The van der Waals surface area contributed by atoms with Gasteiger partial charge >= 0.3 is 0 Å². The Balaban J connectivity index is 1.69. The number of nitrogens with one attached hydrogen (secondary N) is 2. The normalized spacial score (nSPS) is 15.2. The summed E-state index contributed by atoms with van der Waals surface area (Å²) in [6.45, 7) is 0. The molecule has 2 N–H and O–H groups in total. The number of halogens is 2. The summed E-state index contributed by atoms with van der Waals surface area (Å²) in [4.78, 5) is 16.2. The first-order valence-corrected chi connectivity index (χ1v) is 8.70. The molecule has 1 fully saturated rings. The molecular formula is C19H16Cl2N2O2. The Kier molecular flexibility index (Phi) is 3.89. The molecule has 4 nitrogen and oxygen atoms in total. The fraction of sp³-hybridized carbons (Fsp3) is 0.211. The van der Waals surface area contributed by atoms with Crippen LogP contribution in [-0.4, -0.2) is 18.0 Å². The fourth-order valence-electron chi connectivity index (χ4n) is 3.24. The van der Waals surface area contributed by atoms with Crippen LogP contribution in [0.4, 0.5) is 5.69 Å². The average Bonchev–Trinajstić information content (AvgIpc) is 3.27. The molecule has 0 saturated heterocycles. The van der Waals surface area contributed by atoms with Crippen molar-refractivity contribution in [2.45, 2.75) is 18.3 Å². The van der Waals surface area contributed by atoms with Gasteiger partial charge in [-0.15, -0.1) is 0 Å². The zero-order valence-electron chi connectivity index (χ0n) is 13.5. The van der Waals surface area contributed by atoms with Crippen molar-refractivity contribution in [3.8, 4) is 5.75 Å². The zero-order chi connectivity index (χ0) is 17.6. The molecule has 3 aromatic rings. The van der Waals surface area contributed by atoms with Gasteiger partial charge in [0.1, 0.15) is 5.75 Å². The monoisotopic (exact) mass is 374 g/mol. The number of carbonyl (C=O) groups excluding carboxylic acids is 1. The highest BCUT2D eigenvalue weighted by Crippen LogP contribution is 2.51. The van der Waals surface area contributed by atoms with Gasteiger partial charge in [0.15, 0.2) is 0 Å². The minimum absolute atomic E-state index is 0.0467. The number of aromatic amines is 1. The van der Waals surface area contributed by atoms with E-state index >= 15 is 0 Å². The number of benzene rings is 2. The molecule has 25 heavy (non-hydrogen) atoms. The van der Waals surface area contributed by atoms with Gasteiger partial charge in [-0.2, -0.15) is 0 Å². The SMILES string of the molecule is COc1ccc2[nH]cc(C3(C(=O)Nc4cc(Cl)cc(Cl)c4)CC3)c2c1. The van der Waals surface area contributed by atoms with Gasteiger partial charge in [0.25, 0.3) is 0 Å². The fourth-order valence-corrected chi connectivity index (χ4v) is 3.77. The number of hydrogen-bond donors (Lipinski definition) is 2. The molecule has 0 spiro atoms. The van der Waals surface area contributed by atoms with E-state index in [2.05, 4.69) is 10.3 Å². The molecule has 6 heteroatoms. The Morgan fingerprint density at radius 2 is 1.88 bits per heavy atom. The molecule has 0 atom stereocenters. The van der Waals surface area contributed by atoms with E-state index in [0.717, 1.165) is 35.1 Å². The molecule has 1 aromatic heterocycles. The van der Waals surface area contributed by atoms with Gasteiger partial charge in [-0.25, -0.2) is 0 Å². The summed E-state index contributed by atoms with van der Waals surface area (Å²) < 4.78 is 5.32. The summed E-state index contributed by atoms with van der Waals surface area (Å²) in [5.74, 6) is 0.723. The number of ether oxygens (including phenoxy) is 1. The first-order valence-electron chi connectivity index (χ1n) is 7.95. The van der Waals surface area contributed by atoms with E-state index in [1.807, 2.05) is 24.4 Å². The van der Waals surface area contributed by atoms with Crippen LogP contribution in [0.5, 0.6) is 5.75 Å². The minimum Gasteiger partial charge on any atom is -0.497 e. The van der Waals surface area contributed by atoms with Crippen molar-refractivity contribution >= 4 is 45.7 Å². The van der Waals surface area contributed by atoms with Crippen molar-refractivity contribution in [1.82, 2.24) is 4.98 Å². The van der Waals surface area contributed by atoms with E-state index < -0.39 is 5.41 Å². The molecule has 0 aliphatic heterocycles. The zero-order valence-corrected chi connectivity index (χ0v) is 15.0. The van der Waals surface area contributed by atoms with Crippen molar-refractivity contribution in [1.29, 1.82) is 0 Å². The van der Waals surface area contributed by atoms with E-state index in [4.69, 9.17) is 27.9 Å². The number of amides is 1. The number of rotatable bonds is 4. The standard InChI is InChI=1S/C19H16Cl2N2O2/c1-25-14-2-3-17-15(9-14)16(10-22-17)19(4-5-19)18(24)23-13-7-11(20)6-12(21)8-13/h2-3,6-10,22H,4-5H2,1H3,(H,23,24). The number of carbonyl (C=O) groups is 1. The lowest BCUT2D eigenvalue weighted by Gasteiger charge is -2.15. The second kappa shape index (κ2) is 5.97. The molecule has 2 aromatic carbocycles. The van der Waals surface area contributed by atoms with Gasteiger partial charge in [-0.05, 0) is 54.8 Å². The van der Waals surface area contributed by atoms with Crippen molar-refractivity contribution in [3.05, 3.63) is 58.2 Å². The summed E-state index contributed by atoms with van der Waals surface area (Å²) in [5, 5.41) is 4.95. The largest absolute Gasteiger partial charge is 0.497 e. The molecule has 128 valence electrons. The van der Waals surface area contributed by atoms with Crippen LogP contribution in [0.15, 0.2) is 42.6 Å². The van der Waals surface area contributed by atoms with Gasteiger partial charge in [0, 0.05) is 32.8 Å². The van der Waals surface area contributed by atoms with Crippen LogP contribution in [0.25, 0.3) is 10.9 Å². The third-order valence-electron chi connectivity index (χ3n) is 4.71. The molecule has 1 aliphatic carbocycles. The Morgan fingerprint density at radius 3 is 2.52 bits per heavy atom. The van der Waals surface area contributed by atoms with Crippen molar-refractivity contribution < 1.29 is 9.53 Å². The molecule has 0 unspecified atom stereocenters. The molecular weight excluding hydrogens is 359 g/mol. The maximum absolute atomic E-state index is 13.0. The van der Waals surface area contributed by atoms with Crippen LogP contribution in [-0.2, 0) is 10.2 Å². The van der Waals surface area contributed by atoms with Gasteiger partial charge in [0.05, 0.1) is 12.5 Å². The summed E-state index contributed by atoms with van der Waals surface area (Å²) in [5.41, 5.74) is 2.05. The van der Waals surface area contributed by atoms with Crippen LogP contribution >= 0.6 is 23.2 Å². The molecule has 1 amide bonds. The average molecular weight is 375 g/mol. The van der Waals surface area contributed by atoms with Crippen LogP contribution in [0.1, 0.15) is 18.4 Å². The van der Waals surface area contributed by atoms with E-state index in [9.17, 15) is 4.79 Å². The Labute approximate surface area is 155 Å². The Hall–Kier alpha value is -2.17. The topological polar surface area (TPSA) is 54.1 Å². The Morgan fingerprint density at radius 1 is 1.16 bits per heavy atom. The number of hydrogen-bond acceptors (Lipinski definition) is 2. The lowest BCUT2D eigenvalue weighted by atomic mass is 9.94. The number of aromatic nitrogens is 1. The predicted molar refractivity (Wildman–Crippen MR) is 101 cm³/mol. The van der Waals surface area contributed by atoms with Gasteiger partial charge in [-0.1, -0.05) is 23.2 Å². The quantitative estimate of drug-likeness (QED) is 0.662. The number of methoxy groups -OCH3 is 1. The van der Waals surface area contributed by atoms with Crippen LogP contribution in [0, 0.1) is 0 Å². The van der Waals surface area contributed by atoms with Crippen molar-refractivity contribution in [3.63, 3.8) is 0 Å². The van der Waals surface area contributed by atoms with E-state index in [1.54, 1.807) is 25.3 Å². The molecule has 1 aliphatic rings. The van der Waals surface area contributed by atoms with Crippen molar-refractivity contribution in [2.24, 2.45) is 0 Å². The first kappa shape index (κ1) is 16.3. The van der Waals surface area contributed by atoms with E-state index in [0.29, 0.717) is 15.7 Å². The van der Waals surface area contributed by atoms with Crippen LogP contribution in [0.2, 0.25) is 10.0 Å². The minimum atomic E-state index is -0.528. The van der Waals surface area contributed by atoms with Gasteiger partial charge in [-0.3, -0.25) is 4.79 Å². The molecule has 1 saturated carbocycles. The number of H-pyrrole nitrogens is 1. The summed E-state index contributed by atoms with van der Waals surface area (Å²) in [6, 6.07) is 10.8. The van der Waals surface area contributed by atoms with Crippen LogP contribution < -0.4 is 10.1 Å². The highest BCUT2D eigenvalue weighted by molar-refractivity contribution is 6.35. The maximum Gasteiger partial charge on any atom is 0.235 e. The molecule has 4 rings (SSSR count). The van der Waals surface area contributed by atoms with Gasteiger partial charge < -0.3 is 15.0 Å². The van der Waals surface area contributed by atoms with Gasteiger partial charge in [0.2, 0.25) is 5.91 Å². The highest BCUT2D eigenvalue weighted by atomic mass is 35.5. The lowest BCUT2D eigenvalue weighted by molar-refractivity contribution is -0.118. The maximum atomic E-state index is 13.0. The third kappa shape index (κ3) is 2.86. The first-order chi connectivity index (χ1) is 12.0. The van der Waals surface area contributed by atoms with E-state index in [-0.39, 0.29) is 5.91 Å². The lowest BCUT2D eigenvalue weighted by Crippen LogP contribution is -2.27. The molecule has 0 radical (unpaired) electrons. The number of anilines is 1. The predicted octanol–water partition coefficient (Wildman–Crippen LogP) is 5.15. The van der Waals surface area contributed by atoms with Crippen molar-refractivity contribution in [2.75, 3.05) is 12.4 Å². The number of fused-ring (bicyclic) bond motifs is 1. The second-order valence-electron chi connectivity index (χ2n) is 6.31. The summed E-state index contributed by atoms with van der Waals surface area (Å²) in [6.07, 6.45) is 3.52. The molecule has 1 heterocycles. The molecule has 0 bridgehead atoms. The van der Waals surface area contributed by atoms with E-state index in [1.165, 1.54) is 0 Å². The smallest absolute Gasteiger partial charge is 0.235 e. The summed E-state index contributed by atoms with van der Waals surface area (Å²) >= 11 is 12.0. The highest BCUT2D eigenvalue weighted by Gasteiger charge is 2.52. The third-order valence-corrected chi connectivity index (χ3v) is 5.15.